The maximum absolute atomic E-state index is 12.1. The molecule has 30 heavy (non-hydrogen) atoms. The first-order valence-corrected chi connectivity index (χ1v) is 9.54. The summed E-state index contributed by atoms with van der Waals surface area (Å²) in [5.41, 5.74) is 3.41. The molecule has 152 valence electrons. The van der Waals surface area contributed by atoms with Crippen molar-refractivity contribution in [2.24, 2.45) is 5.10 Å². The lowest BCUT2D eigenvalue weighted by Crippen LogP contribution is -2.24. The molecule has 6 nitrogen and oxygen atoms in total. The third-order valence-electron chi connectivity index (χ3n) is 3.75. The number of hydrazone groups is 1. The average Bonchev–Trinajstić information content (AvgIpc) is 2.74. The number of nitrogens with zero attached hydrogens (tertiary/aromatic N) is 1. The van der Waals surface area contributed by atoms with E-state index in [0.717, 1.165) is 0 Å². The Kier molecular flexibility index (Phi) is 7.43. The molecule has 0 unspecified atom stereocenters. The molecule has 1 N–H and O–H groups in total. The predicted molar refractivity (Wildman–Crippen MR) is 116 cm³/mol. The SMILES string of the molecule is O=C(COc1ccccc1Cl)N/N=C/c1ccc(OC(=O)c2cccc(Cl)c2)cc1. The van der Waals surface area contributed by atoms with Gasteiger partial charge in [-0.1, -0.05) is 41.4 Å². The Hall–Kier alpha value is -3.35. The number of benzene rings is 3. The smallest absolute Gasteiger partial charge is 0.343 e. The standard InChI is InChI=1S/C22H16Cl2N2O4/c23-17-5-3-4-16(12-17)22(28)30-18-10-8-15(9-11-18)13-25-26-21(27)14-29-20-7-2-1-6-19(20)24/h1-13H,14H2,(H,26,27)/b25-13+. The van der Waals surface area contributed by atoms with Gasteiger partial charge in [0.05, 0.1) is 16.8 Å². The summed E-state index contributed by atoms with van der Waals surface area (Å²) >= 11 is 11.8. The molecule has 3 rings (SSSR count). The fourth-order valence-electron chi connectivity index (χ4n) is 2.32. The normalized spacial score (nSPS) is 10.6. The number of halogens is 2. The van der Waals surface area contributed by atoms with Gasteiger partial charge >= 0.3 is 5.97 Å². The van der Waals surface area contributed by atoms with Crippen LogP contribution in [0.15, 0.2) is 77.9 Å². The number of rotatable bonds is 7. The summed E-state index contributed by atoms with van der Waals surface area (Å²) in [4.78, 5) is 23.9. The molecule has 3 aromatic rings. The highest BCUT2D eigenvalue weighted by molar-refractivity contribution is 6.32. The third kappa shape index (κ3) is 6.34. The lowest BCUT2D eigenvalue weighted by molar-refractivity contribution is -0.123. The molecule has 0 saturated carbocycles. The number of esters is 1. The van der Waals surface area contributed by atoms with Crippen molar-refractivity contribution in [1.82, 2.24) is 5.43 Å². The molecule has 0 aliphatic rings. The first kappa shape index (κ1) is 21.4. The van der Waals surface area contributed by atoms with Crippen LogP contribution < -0.4 is 14.9 Å². The summed E-state index contributed by atoms with van der Waals surface area (Å²) in [7, 11) is 0. The van der Waals surface area contributed by atoms with Gasteiger partial charge in [-0.05, 0) is 60.2 Å². The second-order valence-corrected chi connectivity index (χ2v) is 6.82. The zero-order valence-corrected chi connectivity index (χ0v) is 17.1. The number of ether oxygens (including phenoxy) is 2. The summed E-state index contributed by atoms with van der Waals surface area (Å²) in [5, 5.41) is 4.74. The van der Waals surface area contributed by atoms with Crippen LogP contribution in [0.5, 0.6) is 11.5 Å². The molecular formula is C22H16Cl2N2O4. The highest BCUT2D eigenvalue weighted by Gasteiger charge is 2.09. The summed E-state index contributed by atoms with van der Waals surface area (Å²) in [6, 6.07) is 20.0. The zero-order valence-electron chi connectivity index (χ0n) is 15.5. The van der Waals surface area contributed by atoms with E-state index >= 15 is 0 Å². The molecule has 0 bridgehead atoms. The van der Waals surface area contributed by atoms with Gasteiger partial charge in [0, 0.05) is 5.02 Å². The lowest BCUT2D eigenvalue weighted by Gasteiger charge is -2.06. The van der Waals surface area contributed by atoms with E-state index in [1.165, 1.54) is 12.3 Å². The van der Waals surface area contributed by atoms with Gasteiger partial charge in [0.2, 0.25) is 0 Å². The molecule has 0 heterocycles. The minimum atomic E-state index is -0.510. The monoisotopic (exact) mass is 442 g/mol. The number of para-hydroxylation sites is 1. The van der Waals surface area contributed by atoms with Crippen molar-refractivity contribution in [2.75, 3.05) is 6.61 Å². The molecule has 1 amide bonds. The zero-order chi connectivity index (χ0) is 21.3. The average molecular weight is 443 g/mol. The number of nitrogens with one attached hydrogen (secondary N) is 1. The number of carbonyl (C=O) groups is 2. The van der Waals surface area contributed by atoms with Crippen molar-refractivity contribution in [3.05, 3.63) is 94.0 Å². The molecule has 0 atom stereocenters. The molecule has 0 fully saturated rings. The maximum atomic E-state index is 12.1. The van der Waals surface area contributed by atoms with Crippen LogP contribution in [-0.2, 0) is 4.79 Å². The van der Waals surface area contributed by atoms with Gasteiger partial charge in [-0.15, -0.1) is 0 Å². The van der Waals surface area contributed by atoms with Crippen molar-refractivity contribution in [2.45, 2.75) is 0 Å². The Morgan fingerprint density at radius 2 is 1.73 bits per heavy atom. The van der Waals surface area contributed by atoms with Gasteiger partial charge in [-0.2, -0.15) is 5.10 Å². The number of hydrogen-bond donors (Lipinski definition) is 1. The molecule has 8 heteroatoms. The number of amides is 1. The minimum Gasteiger partial charge on any atom is -0.482 e. The topological polar surface area (TPSA) is 77.0 Å². The fraction of sp³-hybridized carbons (Fsp3) is 0.0455. The number of hydrogen-bond acceptors (Lipinski definition) is 5. The van der Waals surface area contributed by atoms with E-state index in [2.05, 4.69) is 10.5 Å². The van der Waals surface area contributed by atoms with Crippen LogP contribution >= 0.6 is 23.2 Å². The van der Waals surface area contributed by atoms with Gasteiger partial charge in [-0.25, -0.2) is 10.2 Å². The van der Waals surface area contributed by atoms with Crippen LogP contribution in [0.3, 0.4) is 0 Å². The molecular weight excluding hydrogens is 427 g/mol. The van der Waals surface area contributed by atoms with Gasteiger partial charge < -0.3 is 9.47 Å². The van der Waals surface area contributed by atoms with Gasteiger partial charge in [0.1, 0.15) is 11.5 Å². The van der Waals surface area contributed by atoms with Crippen molar-refractivity contribution in [1.29, 1.82) is 0 Å². The third-order valence-corrected chi connectivity index (χ3v) is 4.30. The number of carbonyl (C=O) groups excluding carboxylic acids is 2. The van der Waals surface area contributed by atoms with E-state index in [0.29, 0.717) is 32.7 Å². The molecule has 0 saturated heterocycles. The molecule has 3 aromatic carbocycles. The maximum Gasteiger partial charge on any atom is 0.343 e. The van der Waals surface area contributed by atoms with Crippen molar-refractivity contribution < 1.29 is 19.1 Å². The second-order valence-electron chi connectivity index (χ2n) is 5.98. The Morgan fingerprint density at radius 3 is 2.47 bits per heavy atom. The molecule has 0 aliphatic carbocycles. The van der Waals surface area contributed by atoms with Crippen LogP contribution in [0.25, 0.3) is 0 Å². The van der Waals surface area contributed by atoms with Crippen molar-refractivity contribution in [3.8, 4) is 11.5 Å². The summed E-state index contributed by atoms with van der Waals surface area (Å²) < 4.78 is 10.6. The quantitative estimate of drug-likeness (QED) is 0.248. The van der Waals surface area contributed by atoms with Gasteiger partial charge in [0.15, 0.2) is 6.61 Å². The van der Waals surface area contributed by atoms with Crippen LogP contribution in [0, 0.1) is 0 Å². The Balaban J connectivity index is 1.48. The fourth-order valence-corrected chi connectivity index (χ4v) is 2.70. The Bertz CT molecular complexity index is 1070. The Morgan fingerprint density at radius 1 is 0.967 bits per heavy atom. The largest absolute Gasteiger partial charge is 0.482 e. The van der Waals surface area contributed by atoms with Crippen LogP contribution in [0.1, 0.15) is 15.9 Å². The molecule has 0 spiro atoms. The predicted octanol–water partition coefficient (Wildman–Crippen LogP) is 4.74. The highest BCUT2D eigenvalue weighted by atomic mass is 35.5. The highest BCUT2D eigenvalue weighted by Crippen LogP contribution is 2.22. The van der Waals surface area contributed by atoms with Crippen molar-refractivity contribution in [3.63, 3.8) is 0 Å². The first-order chi connectivity index (χ1) is 14.5. The van der Waals surface area contributed by atoms with E-state index in [1.807, 2.05) is 0 Å². The van der Waals surface area contributed by atoms with E-state index in [9.17, 15) is 9.59 Å². The van der Waals surface area contributed by atoms with Crippen molar-refractivity contribution >= 4 is 41.3 Å². The van der Waals surface area contributed by atoms with E-state index in [4.69, 9.17) is 32.7 Å². The second kappa shape index (κ2) is 10.4. The first-order valence-electron chi connectivity index (χ1n) is 8.78. The Labute approximate surface area is 183 Å². The summed E-state index contributed by atoms with van der Waals surface area (Å²) in [5.74, 6) is -0.154. The van der Waals surface area contributed by atoms with Crippen LogP contribution in [0.4, 0.5) is 0 Å². The van der Waals surface area contributed by atoms with E-state index in [1.54, 1.807) is 66.7 Å². The summed E-state index contributed by atoms with van der Waals surface area (Å²) in [6.45, 7) is -0.223. The minimum absolute atomic E-state index is 0.223. The molecule has 0 aromatic heterocycles. The lowest BCUT2D eigenvalue weighted by atomic mass is 10.2. The molecule has 0 aliphatic heterocycles. The van der Waals surface area contributed by atoms with Gasteiger partial charge in [-0.3, -0.25) is 4.79 Å². The summed E-state index contributed by atoms with van der Waals surface area (Å²) in [6.07, 6.45) is 1.45. The van der Waals surface area contributed by atoms with E-state index in [-0.39, 0.29) is 6.61 Å². The van der Waals surface area contributed by atoms with Crippen LogP contribution in [-0.4, -0.2) is 24.7 Å². The van der Waals surface area contributed by atoms with Crippen LogP contribution in [0.2, 0.25) is 10.0 Å². The van der Waals surface area contributed by atoms with E-state index < -0.39 is 11.9 Å². The van der Waals surface area contributed by atoms with Gasteiger partial charge in [0.25, 0.3) is 5.91 Å². The molecule has 0 radical (unpaired) electrons.